The van der Waals surface area contributed by atoms with Crippen LogP contribution in [0.3, 0.4) is 0 Å². The molecule has 2 fully saturated rings. The summed E-state index contributed by atoms with van der Waals surface area (Å²) in [6.45, 7) is 8.42. The Hall–Kier alpha value is -1.94. The minimum atomic E-state index is 0. The molecule has 2 aliphatic rings. The van der Waals surface area contributed by atoms with E-state index in [9.17, 15) is 0 Å². The molecule has 33 heavy (non-hydrogen) atoms. The molecule has 1 N–H and O–H groups in total. The fourth-order valence-electron chi connectivity index (χ4n) is 4.76. The van der Waals surface area contributed by atoms with E-state index in [1.807, 2.05) is 25.5 Å². The van der Waals surface area contributed by atoms with Crippen LogP contribution < -0.4 is 10.2 Å². The number of hydrogen-bond donors (Lipinski definition) is 1. The fraction of sp³-hybridized carbons (Fsp3) is 0.560. The van der Waals surface area contributed by atoms with E-state index < -0.39 is 0 Å². The van der Waals surface area contributed by atoms with E-state index in [-0.39, 0.29) is 24.0 Å². The highest BCUT2D eigenvalue weighted by Crippen LogP contribution is 2.21. The molecular formula is C25H38IN7. The number of aromatic nitrogens is 2. The molecule has 0 atom stereocenters. The standard InChI is InChI=1S/C25H37N7.HI/c1-26-24(31-15-9-23(10-16-31)21-22-7-3-2-4-8-22)27-13-6-14-30-17-19-32(20-18-30)25-28-11-5-12-29-25;/h2-5,7-8,11-12,23H,6,9-10,13-21H2,1H3,(H,26,27);1H. The van der Waals surface area contributed by atoms with Crippen LogP contribution in [0, 0.1) is 5.92 Å². The van der Waals surface area contributed by atoms with Crippen molar-refractivity contribution < 1.29 is 0 Å². The number of guanidine groups is 1. The molecule has 8 heteroatoms. The minimum Gasteiger partial charge on any atom is -0.356 e. The maximum Gasteiger partial charge on any atom is 0.225 e. The number of anilines is 1. The Kier molecular flexibility index (Phi) is 10.7. The van der Waals surface area contributed by atoms with Gasteiger partial charge in [0.05, 0.1) is 0 Å². The predicted octanol–water partition coefficient (Wildman–Crippen LogP) is 3.14. The molecule has 2 aliphatic heterocycles. The van der Waals surface area contributed by atoms with Crippen LogP contribution in [0.5, 0.6) is 0 Å². The second-order valence-electron chi connectivity index (χ2n) is 8.83. The average molecular weight is 564 g/mol. The summed E-state index contributed by atoms with van der Waals surface area (Å²) in [5, 5.41) is 3.60. The Morgan fingerprint density at radius 3 is 2.33 bits per heavy atom. The molecule has 1 aromatic heterocycles. The highest BCUT2D eigenvalue weighted by Gasteiger charge is 2.22. The summed E-state index contributed by atoms with van der Waals surface area (Å²) >= 11 is 0. The number of benzene rings is 1. The first-order valence-electron chi connectivity index (χ1n) is 12.1. The zero-order valence-electron chi connectivity index (χ0n) is 19.8. The lowest BCUT2D eigenvalue weighted by molar-refractivity contribution is 0.249. The first-order valence-corrected chi connectivity index (χ1v) is 12.1. The number of piperidine rings is 1. The Morgan fingerprint density at radius 2 is 1.67 bits per heavy atom. The highest BCUT2D eigenvalue weighted by atomic mass is 127. The van der Waals surface area contributed by atoms with Crippen LogP contribution in [0.25, 0.3) is 0 Å². The number of likely N-dealkylation sites (tertiary alicyclic amines) is 1. The van der Waals surface area contributed by atoms with Crippen molar-refractivity contribution in [2.24, 2.45) is 10.9 Å². The van der Waals surface area contributed by atoms with Crippen molar-refractivity contribution in [1.29, 1.82) is 0 Å². The lowest BCUT2D eigenvalue weighted by Gasteiger charge is -2.35. The third kappa shape index (κ3) is 7.81. The molecule has 0 radical (unpaired) electrons. The maximum absolute atomic E-state index is 4.55. The van der Waals surface area contributed by atoms with Gasteiger partial charge in [-0.1, -0.05) is 30.3 Å². The normalized spacial score (nSPS) is 18.2. The van der Waals surface area contributed by atoms with Crippen LogP contribution >= 0.6 is 24.0 Å². The number of nitrogens with one attached hydrogen (secondary N) is 1. The van der Waals surface area contributed by atoms with E-state index in [1.54, 1.807) is 0 Å². The average Bonchev–Trinajstić information content (AvgIpc) is 2.86. The summed E-state index contributed by atoms with van der Waals surface area (Å²) in [4.78, 5) is 20.5. The van der Waals surface area contributed by atoms with Crippen LogP contribution in [-0.2, 0) is 6.42 Å². The third-order valence-electron chi connectivity index (χ3n) is 6.63. The minimum absolute atomic E-state index is 0. The molecule has 0 bridgehead atoms. The van der Waals surface area contributed by atoms with Crippen molar-refractivity contribution in [3.63, 3.8) is 0 Å². The molecular weight excluding hydrogens is 525 g/mol. The molecule has 0 unspecified atom stereocenters. The Balaban J connectivity index is 0.00000306. The summed E-state index contributed by atoms with van der Waals surface area (Å²) in [6, 6.07) is 12.8. The number of halogens is 1. The largest absolute Gasteiger partial charge is 0.356 e. The van der Waals surface area contributed by atoms with Gasteiger partial charge in [-0.05, 0) is 49.8 Å². The first kappa shape index (κ1) is 25.7. The molecule has 0 aliphatic carbocycles. The van der Waals surface area contributed by atoms with Gasteiger partial charge in [0, 0.05) is 65.3 Å². The van der Waals surface area contributed by atoms with Gasteiger partial charge >= 0.3 is 0 Å². The highest BCUT2D eigenvalue weighted by molar-refractivity contribution is 14.0. The number of piperazine rings is 1. The van der Waals surface area contributed by atoms with E-state index in [0.29, 0.717) is 0 Å². The molecule has 0 amide bonds. The van der Waals surface area contributed by atoms with Crippen LogP contribution in [0.2, 0.25) is 0 Å². The molecule has 1 aromatic carbocycles. The SMILES string of the molecule is CN=C(NCCCN1CCN(c2ncccn2)CC1)N1CCC(Cc2ccccc2)CC1.I. The summed E-state index contributed by atoms with van der Waals surface area (Å²) in [7, 11) is 1.91. The van der Waals surface area contributed by atoms with E-state index in [1.165, 1.54) is 24.8 Å². The first-order chi connectivity index (χ1) is 15.8. The predicted molar refractivity (Wildman–Crippen MR) is 147 cm³/mol. The fourth-order valence-corrected chi connectivity index (χ4v) is 4.76. The van der Waals surface area contributed by atoms with Gasteiger partial charge in [0.2, 0.25) is 5.95 Å². The van der Waals surface area contributed by atoms with Crippen LogP contribution in [0.15, 0.2) is 53.8 Å². The van der Waals surface area contributed by atoms with Crippen LogP contribution in [0.4, 0.5) is 5.95 Å². The van der Waals surface area contributed by atoms with E-state index in [0.717, 1.165) is 76.6 Å². The van der Waals surface area contributed by atoms with Gasteiger partial charge < -0.3 is 15.1 Å². The van der Waals surface area contributed by atoms with Gasteiger partial charge in [-0.15, -0.1) is 24.0 Å². The third-order valence-corrected chi connectivity index (χ3v) is 6.63. The lowest BCUT2D eigenvalue weighted by Crippen LogP contribution is -2.48. The van der Waals surface area contributed by atoms with Gasteiger partial charge in [-0.25, -0.2) is 9.97 Å². The Labute approximate surface area is 215 Å². The van der Waals surface area contributed by atoms with Gasteiger partial charge in [-0.2, -0.15) is 0 Å². The maximum atomic E-state index is 4.55. The summed E-state index contributed by atoms with van der Waals surface area (Å²) < 4.78 is 0. The van der Waals surface area contributed by atoms with Gasteiger partial charge in [0.25, 0.3) is 0 Å². The molecule has 7 nitrogen and oxygen atoms in total. The van der Waals surface area contributed by atoms with Crippen molar-refractivity contribution >= 4 is 35.9 Å². The van der Waals surface area contributed by atoms with Gasteiger partial charge in [0.1, 0.15) is 0 Å². The van der Waals surface area contributed by atoms with Crippen molar-refractivity contribution in [2.45, 2.75) is 25.7 Å². The van der Waals surface area contributed by atoms with Gasteiger partial charge in [-0.3, -0.25) is 9.89 Å². The van der Waals surface area contributed by atoms with Crippen molar-refractivity contribution in [3.05, 3.63) is 54.4 Å². The summed E-state index contributed by atoms with van der Waals surface area (Å²) in [5.41, 5.74) is 1.46. The van der Waals surface area contributed by atoms with E-state index >= 15 is 0 Å². The van der Waals surface area contributed by atoms with E-state index in [2.05, 4.69) is 65.3 Å². The number of rotatable bonds is 7. The van der Waals surface area contributed by atoms with E-state index in [4.69, 9.17) is 0 Å². The summed E-state index contributed by atoms with van der Waals surface area (Å²) in [5.74, 6) is 2.70. The van der Waals surface area contributed by atoms with Crippen LogP contribution in [0.1, 0.15) is 24.8 Å². The zero-order valence-corrected chi connectivity index (χ0v) is 22.1. The number of hydrogen-bond acceptors (Lipinski definition) is 5. The monoisotopic (exact) mass is 563 g/mol. The molecule has 0 saturated carbocycles. The number of nitrogens with zero attached hydrogens (tertiary/aromatic N) is 6. The van der Waals surface area contributed by atoms with Gasteiger partial charge in [0.15, 0.2) is 5.96 Å². The van der Waals surface area contributed by atoms with Crippen molar-refractivity contribution in [3.8, 4) is 0 Å². The molecule has 0 spiro atoms. The Morgan fingerprint density at radius 1 is 0.970 bits per heavy atom. The lowest BCUT2D eigenvalue weighted by atomic mass is 9.90. The Bertz CT molecular complexity index is 817. The second-order valence-corrected chi connectivity index (χ2v) is 8.83. The molecule has 180 valence electrons. The van der Waals surface area contributed by atoms with Crippen molar-refractivity contribution in [1.82, 2.24) is 25.1 Å². The zero-order chi connectivity index (χ0) is 22.0. The molecule has 2 aromatic rings. The quantitative estimate of drug-likeness (QED) is 0.242. The second kappa shape index (κ2) is 13.7. The van der Waals surface area contributed by atoms with Crippen LogP contribution in [-0.4, -0.2) is 85.1 Å². The smallest absolute Gasteiger partial charge is 0.225 e. The molecule has 4 rings (SSSR count). The van der Waals surface area contributed by atoms with Crippen molar-refractivity contribution in [2.75, 3.05) is 64.3 Å². The molecule has 2 saturated heterocycles. The topological polar surface area (TPSA) is 59.9 Å². The number of aliphatic imine (C=N–C) groups is 1. The molecule has 3 heterocycles. The summed E-state index contributed by atoms with van der Waals surface area (Å²) in [6.07, 6.45) is 8.45.